The third-order valence-electron chi connectivity index (χ3n) is 13.0. The number of aromatic nitrogens is 1. The molecule has 3 aromatic carbocycles. The molecular weight excluding hydrogens is 763 g/mol. The molecule has 14 nitrogen and oxygen atoms in total. The maximum atomic E-state index is 14.9. The number of benzene rings is 3. The molecule has 7 atom stereocenters. The van der Waals surface area contributed by atoms with Crippen LogP contribution in [0, 0.1) is 25.2 Å². The predicted molar refractivity (Wildman–Crippen MR) is 212 cm³/mol. The van der Waals surface area contributed by atoms with E-state index < -0.39 is 46.9 Å². The highest BCUT2D eigenvalue weighted by molar-refractivity contribution is 7.99. The van der Waals surface area contributed by atoms with E-state index in [4.69, 9.17) is 23.7 Å². The van der Waals surface area contributed by atoms with Crippen molar-refractivity contribution in [3.05, 3.63) is 81.6 Å². The van der Waals surface area contributed by atoms with Crippen LogP contribution in [0.2, 0.25) is 0 Å². The first-order valence-corrected chi connectivity index (χ1v) is 20.5. The van der Waals surface area contributed by atoms with Crippen molar-refractivity contribution in [1.29, 1.82) is 5.26 Å². The van der Waals surface area contributed by atoms with Crippen molar-refractivity contribution < 1.29 is 43.5 Å². The van der Waals surface area contributed by atoms with Gasteiger partial charge in [0.1, 0.15) is 24.1 Å². The van der Waals surface area contributed by atoms with Gasteiger partial charge in [0.25, 0.3) is 0 Å². The number of thioether (sulfide) groups is 1. The average Bonchev–Trinajstić information content (AvgIpc) is 3.84. The second-order valence-electron chi connectivity index (χ2n) is 15.9. The molecule has 8 heterocycles. The van der Waals surface area contributed by atoms with Crippen molar-refractivity contribution >= 4 is 34.6 Å². The highest BCUT2D eigenvalue weighted by Crippen LogP contribution is 2.65. The van der Waals surface area contributed by atoms with E-state index in [2.05, 4.69) is 32.7 Å². The van der Waals surface area contributed by atoms with Crippen molar-refractivity contribution in [2.45, 2.75) is 74.6 Å². The zero-order valence-corrected chi connectivity index (χ0v) is 33.3. The number of piperazine rings is 1. The molecule has 2 fully saturated rings. The minimum absolute atomic E-state index is 0.0356. The number of carbonyl (C=O) groups excluding carboxylic acids is 2. The number of hydrogen-bond donors (Lipinski definition) is 4. The van der Waals surface area contributed by atoms with Crippen LogP contribution in [0.4, 0.5) is 0 Å². The van der Waals surface area contributed by atoms with Gasteiger partial charge in [-0.25, -0.2) is 4.79 Å². The molecule has 2 unspecified atom stereocenters. The second-order valence-corrected chi connectivity index (χ2v) is 17.1. The zero-order valence-electron chi connectivity index (χ0n) is 32.5. The molecule has 1 spiro atoms. The van der Waals surface area contributed by atoms with Gasteiger partial charge in [0.05, 0.1) is 36.2 Å². The van der Waals surface area contributed by atoms with Gasteiger partial charge in [-0.05, 0) is 61.6 Å². The molecule has 300 valence electrons. The molecule has 0 aliphatic carbocycles. The van der Waals surface area contributed by atoms with Gasteiger partial charge in [-0.3, -0.25) is 19.9 Å². The Morgan fingerprint density at radius 2 is 1.97 bits per heavy atom. The van der Waals surface area contributed by atoms with Crippen LogP contribution < -0.4 is 24.3 Å². The zero-order chi connectivity index (χ0) is 40.4. The topological polar surface area (TPSA) is 179 Å². The normalized spacial score (nSPS) is 28.2. The smallest absolute Gasteiger partial charge is 0.333 e. The Balaban J connectivity index is 1.26. The Bertz CT molecular complexity index is 2510. The first-order valence-electron chi connectivity index (χ1n) is 19.5. The van der Waals surface area contributed by atoms with Gasteiger partial charge in [-0.1, -0.05) is 12.1 Å². The van der Waals surface area contributed by atoms with E-state index in [1.165, 1.54) is 18.7 Å². The molecule has 2 saturated heterocycles. The Hall–Kier alpha value is -5.40. The van der Waals surface area contributed by atoms with E-state index in [1.54, 1.807) is 25.3 Å². The van der Waals surface area contributed by atoms with E-state index in [9.17, 15) is 25.1 Å². The summed E-state index contributed by atoms with van der Waals surface area (Å²) in [7, 11) is 1.54. The maximum absolute atomic E-state index is 14.9. The molecule has 0 saturated carbocycles. The number of ether oxygens (including phenoxy) is 5. The number of methoxy groups -OCH3 is 1. The van der Waals surface area contributed by atoms with Crippen molar-refractivity contribution in [3.63, 3.8) is 0 Å². The lowest BCUT2D eigenvalue weighted by Crippen LogP contribution is -2.70. The lowest BCUT2D eigenvalue weighted by atomic mass is 9.71. The fourth-order valence-corrected chi connectivity index (χ4v) is 12.6. The summed E-state index contributed by atoms with van der Waals surface area (Å²) in [6, 6.07) is 6.96. The number of phenols is 2. The summed E-state index contributed by atoms with van der Waals surface area (Å²) in [6.07, 6.45) is 2.90. The standard InChI is InChI=1S/C43H43N5O9S/c1-6-11-47-27-13-22-12-19(2)36(53-5)35(51)30(22)33(47)34-40-32-31(39-38(55-18-56-39)20(3)37(32)57-21(4)49)29(48(34)28(27)15-44)16-54-42(52)43(17-58-40)41-24(9-10-45-43)25-14-23(50)7-8-26(25)46-41/h6-8,12,14,27-29,33-34,40,45-46,50-51H,1,9-11,13,16-18H2,2-5H3/t27-,28-,29-,33?,34?,40+,43+/m0/s1. The number of fused-ring (bicyclic) bond motifs is 11. The van der Waals surface area contributed by atoms with Gasteiger partial charge in [-0.2, -0.15) is 5.26 Å². The number of aryl methyl sites for hydroxylation is 1. The molecule has 4 bridgehead atoms. The molecule has 0 amide bonds. The van der Waals surface area contributed by atoms with Gasteiger partial charge in [-0.15, -0.1) is 18.3 Å². The molecule has 15 heteroatoms. The summed E-state index contributed by atoms with van der Waals surface area (Å²) < 4.78 is 30.8. The number of nitrogens with one attached hydrogen (secondary N) is 2. The number of aromatic hydroxyl groups is 2. The number of nitrogens with zero attached hydrogens (tertiary/aromatic N) is 3. The first kappa shape index (κ1) is 36.9. The minimum Gasteiger partial charge on any atom is -0.508 e. The molecule has 7 aliphatic heterocycles. The molecule has 7 aliphatic rings. The minimum atomic E-state index is -1.35. The van der Waals surface area contributed by atoms with Crippen LogP contribution >= 0.6 is 11.8 Å². The Labute approximate surface area is 338 Å². The number of aromatic amines is 1. The molecule has 4 N–H and O–H groups in total. The monoisotopic (exact) mass is 805 g/mol. The van der Waals surface area contributed by atoms with Gasteiger partial charge in [0.2, 0.25) is 6.79 Å². The number of phenolic OH excluding ortho intramolecular Hbond substituents is 2. The molecule has 11 rings (SSSR count). The quantitative estimate of drug-likeness (QED) is 0.123. The van der Waals surface area contributed by atoms with Crippen LogP contribution in [0.25, 0.3) is 10.9 Å². The van der Waals surface area contributed by atoms with E-state index in [1.807, 2.05) is 26.0 Å². The van der Waals surface area contributed by atoms with Crippen LogP contribution in [0.3, 0.4) is 0 Å². The third kappa shape index (κ3) is 4.95. The number of hydrogen-bond acceptors (Lipinski definition) is 14. The SMILES string of the molecule is C=CCN1C2c3c(cc(C)c(OC)c3O)C[C@H]1[C@H](C#N)N1C2[C@@H]2SC[C@]3(NCCc4c3[nH]c3ccc(O)cc43)C(=O)OC[C@H]1c1c3c(c(C)c(OC(C)=O)c12)OCO3. The maximum Gasteiger partial charge on any atom is 0.333 e. The summed E-state index contributed by atoms with van der Waals surface area (Å²) in [6.45, 7) is 9.86. The fourth-order valence-electron chi connectivity index (χ4n) is 10.9. The number of H-pyrrole nitrogens is 1. The van der Waals surface area contributed by atoms with Crippen LogP contribution in [-0.2, 0) is 32.7 Å². The lowest BCUT2D eigenvalue weighted by Gasteiger charge is -2.62. The Morgan fingerprint density at radius 1 is 1.16 bits per heavy atom. The lowest BCUT2D eigenvalue weighted by molar-refractivity contribution is -0.157. The Morgan fingerprint density at radius 3 is 2.72 bits per heavy atom. The predicted octanol–water partition coefficient (Wildman–Crippen LogP) is 5.02. The van der Waals surface area contributed by atoms with E-state index in [0.717, 1.165) is 27.6 Å². The van der Waals surface area contributed by atoms with E-state index in [-0.39, 0.29) is 36.7 Å². The summed E-state index contributed by atoms with van der Waals surface area (Å²) in [5.41, 5.74) is 5.36. The third-order valence-corrected chi connectivity index (χ3v) is 14.5. The van der Waals surface area contributed by atoms with Gasteiger partial charge < -0.3 is 38.9 Å². The number of nitriles is 1. The summed E-state index contributed by atoms with van der Waals surface area (Å²) >= 11 is 1.50. The first-order chi connectivity index (χ1) is 28.0. The molecule has 0 radical (unpaired) electrons. The van der Waals surface area contributed by atoms with Crippen LogP contribution in [0.5, 0.6) is 34.5 Å². The van der Waals surface area contributed by atoms with E-state index >= 15 is 0 Å². The van der Waals surface area contributed by atoms with Crippen molar-refractivity contribution in [3.8, 4) is 40.6 Å². The summed E-state index contributed by atoms with van der Waals surface area (Å²) in [5.74, 6) is 0.931. The second kappa shape index (κ2) is 13.3. The fraction of sp³-hybridized carbons (Fsp3) is 0.419. The Kier molecular flexibility index (Phi) is 8.47. The van der Waals surface area contributed by atoms with Gasteiger partial charge in [0, 0.05) is 71.0 Å². The average molecular weight is 806 g/mol. The number of rotatable bonds is 4. The van der Waals surface area contributed by atoms with Crippen LogP contribution in [-0.4, -0.2) is 94.4 Å². The number of carbonyl (C=O) groups is 2. The molecular formula is C43H43N5O9S. The van der Waals surface area contributed by atoms with Gasteiger partial charge in [0.15, 0.2) is 28.5 Å². The van der Waals surface area contributed by atoms with Crippen molar-refractivity contribution in [1.82, 2.24) is 20.1 Å². The molecule has 1 aromatic heterocycles. The summed E-state index contributed by atoms with van der Waals surface area (Å²) in [5, 5.41) is 37.8. The van der Waals surface area contributed by atoms with Crippen LogP contribution in [0.1, 0.15) is 68.9 Å². The van der Waals surface area contributed by atoms with E-state index in [0.29, 0.717) is 76.9 Å². The molecule has 58 heavy (non-hydrogen) atoms. The highest BCUT2D eigenvalue weighted by atomic mass is 32.2. The highest BCUT2D eigenvalue weighted by Gasteiger charge is 2.62. The van der Waals surface area contributed by atoms with Gasteiger partial charge >= 0.3 is 11.9 Å². The molecule has 4 aromatic rings. The largest absolute Gasteiger partial charge is 0.508 e. The van der Waals surface area contributed by atoms with Crippen molar-refractivity contribution in [2.75, 3.05) is 39.4 Å². The summed E-state index contributed by atoms with van der Waals surface area (Å²) in [4.78, 5) is 35.9. The van der Waals surface area contributed by atoms with Crippen LogP contribution in [0.15, 0.2) is 36.9 Å². The number of esters is 2. The van der Waals surface area contributed by atoms with Crippen molar-refractivity contribution in [2.24, 2.45) is 0 Å².